The third-order valence-electron chi connectivity index (χ3n) is 4.67. The number of benzene rings is 2. The van der Waals surface area contributed by atoms with E-state index >= 15 is 0 Å². The van der Waals surface area contributed by atoms with Gasteiger partial charge in [0.2, 0.25) is 5.91 Å². The second kappa shape index (κ2) is 7.39. The first-order valence-electron chi connectivity index (χ1n) is 8.35. The molecule has 126 valence electrons. The predicted molar refractivity (Wildman–Crippen MR) is 93.5 cm³/mol. The third-order valence-corrected chi connectivity index (χ3v) is 4.67. The zero-order valence-electron chi connectivity index (χ0n) is 14.0. The molecular formula is C20H23NO3. The average molecular weight is 325 g/mol. The van der Waals surface area contributed by atoms with E-state index in [4.69, 9.17) is 9.47 Å². The van der Waals surface area contributed by atoms with Crippen LogP contribution in [0, 0.1) is 0 Å². The van der Waals surface area contributed by atoms with Crippen LogP contribution in [0.1, 0.15) is 24.8 Å². The molecule has 0 bridgehead atoms. The van der Waals surface area contributed by atoms with Gasteiger partial charge < -0.3 is 14.8 Å². The molecule has 0 unspecified atom stereocenters. The Morgan fingerprint density at radius 1 is 1.08 bits per heavy atom. The Bertz CT molecular complexity index is 680. The fourth-order valence-corrected chi connectivity index (χ4v) is 3.13. The van der Waals surface area contributed by atoms with Crippen LogP contribution in [-0.4, -0.2) is 26.2 Å². The molecular weight excluding hydrogens is 302 g/mol. The molecule has 0 radical (unpaired) electrons. The van der Waals surface area contributed by atoms with Gasteiger partial charge in [-0.2, -0.15) is 0 Å². The molecule has 1 aliphatic carbocycles. The van der Waals surface area contributed by atoms with Crippen LogP contribution < -0.4 is 14.8 Å². The number of carbonyl (C=O) groups excluding carboxylic acids is 1. The van der Waals surface area contributed by atoms with Crippen LogP contribution in [0.15, 0.2) is 54.6 Å². The summed E-state index contributed by atoms with van der Waals surface area (Å²) in [6.07, 6.45) is 2.93. The molecule has 1 N–H and O–H groups in total. The van der Waals surface area contributed by atoms with E-state index in [1.54, 1.807) is 7.11 Å². The lowest BCUT2D eigenvalue weighted by Gasteiger charge is -2.40. The lowest BCUT2D eigenvalue weighted by molar-refractivity contribution is -0.130. The van der Waals surface area contributed by atoms with Gasteiger partial charge in [-0.05, 0) is 30.5 Å². The van der Waals surface area contributed by atoms with E-state index < -0.39 is 0 Å². The van der Waals surface area contributed by atoms with E-state index in [1.165, 1.54) is 0 Å². The minimum absolute atomic E-state index is 0.106. The number of hydrogen-bond donors (Lipinski definition) is 1. The summed E-state index contributed by atoms with van der Waals surface area (Å²) in [7, 11) is 1.63. The summed E-state index contributed by atoms with van der Waals surface area (Å²) in [5.74, 6) is 1.60. The summed E-state index contributed by atoms with van der Waals surface area (Å²) in [6.45, 7) is 0.925. The minimum atomic E-state index is -0.350. The molecule has 0 spiro atoms. The van der Waals surface area contributed by atoms with Gasteiger partial charge in [0.1, 0.15) is 18.1 Å². The van der Waals surface area contributed by atoms with Crippen LogP contribution >= 0.6 is 0 Å². The Hall–Kier alpha value is -2.49. The first-order valence-corrected chi connectivity index (χ1v) is 8.35. The van der Waals surface area contributed by atoms with Gasteiger partial charge >= 0.3 is 0 Å². The van der Waals surface area contributed by atoms with Crippen LogP contribution in [0.5, 0.6) is 11.5 Å². The van der Waals surface area contributed by atoms with Crippen molar-refractivity contribution >= 4 is 5.91 Å². The van der Waals surface area contributed by atoms with Gasteiger partial charge in [0, 0.05) is 6.07 Å². The van der Waals surface area contributed by atoms with Crippen molar-refractivity contribution in [2.75, 3.05) is 20.3 Å². The van der Waals surface area contributed by atoms with E-state index in [2.05, 4.69) is 5.32 Å². The maximum Gasteiger partial charge on any atom is 0.230 e. The number of carbonyl (C=O) groups is 1. The van der Waals surface area contributed by atoms with Crippen LogP contribution in [0.3, 0.4) is 0 Å². The zero-order valence-corrected chi connectivity index (χ0v) is 14.0. The number of hydrogen-bond acceptors (Lipinski definition) is 3. The van der Waals surface area contributed by atoms with Crippen molar-refractivity contribution in [3.05, 3.63) is 60.2 Å². The molecule has 1 aliphatic rings. The minimum Gasteiger partial charge on any atom is -0.497 e. The van der Waals surface area contributed by atoms with E-state index in [0.29, 0.717) is 13.2 Å². The van der Waals surface area contributed by atoms with Gasteiger partial charge in [0.05, 0.1) is 19.1 Å². The number of ether oxygens (including phenoxy) is 2. The van der Waals surface area contributed by atoms with Crippen molar-refractivity contribution in [3.63, 3.8) is 0 Å². The second-order valence-electron chi connectivity index (χ2n) is 6.09. The van der Waals surface area contributed by atoms with Crippen LogP contribution in [-0.2, 0) is 10.2 Å². The zero-order chi connectivity index (χ0) is 16.8. The highest BCUT2D eigenvalue weighted by Gasteiger charge is 2.45. The van der Waals surface area contributed by atoms with Crippen molar-refractivity contribution in [2.45, 2.75) is 24.7 Å². The SMILES string of the molecule is COc1cccc(OCCNC(=O)C2(c3ccccc3)CCC2)c1. The Morgan fingerprint density at radius 2 is 1.83 bits per heavy atom. The maximum absolute atomic E-state index is 12.7. The Balaban J connectivity index is 1.52. The summed E-state index contributed by atoms with van der Waals surface area (Å²) in [6, 6.07) is 17.5. The van der Waals surface area contributed by atoms with Crippen LogP contribution in [0.25, 0.3) is 0 Å². The standard InChI is InChI=1S/C20H23NO3/c1-23-17-9-5-10-18(15-17)24-14-13-21-19(22)20(11-6-12-20)16-7-3-2-4-8-16/h2-5,7-10,15H,6,11-14H2,1H3,(H,21,22). The molecule has 2 aromatic rings. The van der Waals surface area contributed by atoms with E-state index in [-0.39, 0.29) is 11.3 Å². The highest BCUT2D eigenvalue weighted by atomic mass is 16.5. The summed E-state index contributed by atoms with van der Waals surface area (Å²) in [5, 5.41) is 3.03. The van der Waals surface area contributed by atoms with Gasteiger partial charge in [-0.1, -0.05) is 42.8 Å². The molecule has 0 aliphatic heterocycles. The lowest BCUT2D eigenvalue weighted by Crippen LogP contribution is -2.50. The van der Waals surface area contributed by atoms with Gasteiger partial charge in [-0.3, -0.25) is 4.79 Å². The normalized spacial score (nSPS) is 15.2. The van der Waals surface area contributed by atoms with Crippen LogP contribution in [0.4, 0.5) is 0 Å². The van der Waals surface area contributed by atoms with Gasteiger partial charge in [0.25, 0.3) is 0 Å². The first kappa shape index (κ1) is 16.4. The quantitative estimate of drug-likeness (QED) is 0.795. The monoisotopic (exact) mass is 325 g/mol. The topological polar surface area (TPSA) is 47.6 Å². The van der Waals surface area contributed by atoms with E-state index in [1.807, 2.05) is 54.6 Å². The fourth-order valence-electron chi connectivity index (χ4n) is 3.13. The number of amides is 1. The highest BCUT2D eigenvalue weighted by Crippen LogP contribution is 2.43. The van der Waals surface area contributed by atoms with Gasteiger partial charge in [0.15, 0.2) is 0 Å². The molecule has 3 rings (SSSR count). The maximum atomic E-state index is 12.7. The molecule has 24 heavy (non-hydrogen) atoms. The molecule has 1 saturated carbocycles. The third kappa shape index (κ3) is 3.37. The Morgan fingerprint density at radius 3 is 2.50 bits per heavy atom. The van der Waals surface area contributed by atoms with E-state index in [9.17, 15) is 4.79 Å². The molecule has 2 aromatic carbocycles. The molecule has 0 aromatic heterocycles. The molecule has 0 saturated heterocycles. The summed E-state index contributed by atoms with van der Waals surface area (Å²) in [5.41, 5.74) is 0.763. The number of rotatable bonds is 7. The molecule has 0 atom stereocenters. The van der Waals surface area contributed by atoms with Gasteiger partial charge in [-0.25, -0.2) is 0 Å². The Labute approximate surface area is 142 Å². The molecule has 4 heteroatoms. The second-order valence-corrected chi connectivity index (χ2v) is 6.09. The molecule has 4 nitrogen and oxygen atoms in total. The summed E-state index contributed by atoms with van der Waals surface area (Å²) in [4.78, 5) is 12.7. The summed E-state index contributed by atoms with van der Waals surface area (Å²) >= 11 is 0. The highest BCUT2D eigenvalue weighted by molar-refractivity contribution is 5.89. The fraction of sp³-hybridized carbons (Fsp3) is 0.350. The number of nitrogens with one attached hydrogen (secondary N) is 1. The Kier molecular flexibility index (Phi) is 5.04. The largest absolute Gasteiger partial charge is 0.497 e. The average Bonchev–Trinajstić information content (AvgIpc) is 2.59. The molecule has 1 amide bonds. The van der Waals surface area contributed by atoms with Gasteiger partial charge in [-0.15, -0.1) is 0 Å². The van der Waals surface area contributed by atoms with Crippen molar-refractivity contribution in [3.8, 4) is 11.5 Å². The smallest absolute Gasteiger partial charge is 0.230 e. The number of methoxy groups -OCH3 is 1. The summed E-state index contributed by atoms with van der Waals surface area (Å²) < 4.78 is 10.8. The first-order chi connectivity index (χ1) is 11.7. The molecule has 1 fully saturated rings. The lowest BCUT2D eigenvalue weighted by atomic mass is 9.64. The van der Waals surface area contributed by atoms with Crippen molar-refractivity contribution in [2.24, 2.45) is 0 Å². The van der Waals surface area contributed by atoms with Crippen molar-refractivity contribution in [1.29, 1.82) is 0 Å². The van der Waals surface area contributed by atoms with Crippen molar-refractivity contribution < 1.29 is 14.3 Å². The van der Waals surface area contributed by atoms with Crippen molar-refractivity contribution in [1.82, 2.24) is 5.32 Å². The van der Waals surface area contributed by atoms with Crippen LogP contribution in [0.2, 0.25) is 0 Å². The predicted octanol–water partition coefficient (Wildman–Crippen LogP) is 3.31. The molecule has 0 heterocycles. The van der Waals surface area contributed by atoms with E-state index in [0.717, 1.165) is 36.3 Å².